The molecule has 1 aromatic rings. The molecule has 0 saturated carbocycles. The van der Waals surface area contributed by atoms with Crippen molar-refractivity contribution >= 4 is 29.0 Å². The van der Waals surface area contributed by atoms with Crippen LogP contribution in [0, 0.1) is 0 Å². The summed E-state index contributed by atoms with van der Waals surface area (Å²) in [5, 5.41) is 0.811. The molecule has 1 saturated heterocycles. The molecule has 2 heterocycles. The van der Waals surface area contributed by atoms with Crippen molar-refractivity contribution in [3.8, 4) is 0 Å². The summed E-state index contributed by atoms with van der Waals surface area (Å²) >= 11 is 11.9. The molecule has 0 bridgehead atoms. The summed E-state index contributed by atoms with van der Waals surface area (Å²) in [7, 11) is 2.12. The smallest absolute Gasteiger partial charge is 0.224 e. The minimum Gasteiger partial charge on any atom is -0.354 e. The maximum absolute atomic E-state index is 6.08. The molecule has 0 aliphatic carbocycles. The standard InChI is InChI=1S/C10H14Cl2N4/c1-15-3-2-4-16(6-5-15)9-8(11)7-13-10(12)14-9/h7H,2-6H2,1H3. The number of nitrogens with zero attached hydrogens (tertiary/aromatic N) is 4. The molecular formula is C10H14Cl2N4. The summed E-state index contributed by atoms with van der Waals surface area (Å²) in [4.78, 5) is 12.5. The number of aromatic nitrogens is 2. The van der Waals surface area contributed by atoms with Crippen molar-refractivity contribution in [2.45, 2.75) is 6.42 Å². The Balaban J connectivity index is 2.19. The Labute approximate surface area is 105 Å². The zero-order valence-electron chi connectivity index (χ0n) is 9.16. The number of rotatable bonds is 1. The van der Waals surface area contributed by atoms with Crippen molar-refractivity contribution in [3.05, 3.63) is 16.5 Å². The predicted octanol–water partition coefficient (Wildman–Crippen LogP) is 1.93. The maximum atomic E-state index is 6.08. The van der Waals surface area contributed by atoms with E-state index in [1.165, 1.54) is 0 Å². The summed E-state index contributed by atoms with van der Waals surface area (Å²) < 4.78 is 0. The quantitative estimate of drug-likeness (QED) is 0.723. The van der Waals surface area contributed by atoms with E-state index in [0.717, 1.165) is 38.4 Å². The largest absolute Gasteiger partial charge is 0.354 e. The fourth-order valence-electron chi connectivity index (χ4n) is 1.82. The lowest BCUT2D eigenvalue weighted by Gasteiger charge is -2.22. The number of hydrogen-bond donors (Lipinski definition) is 0. The summed E-state index contributed by atoms with van der Waals surface area (Å²) in [6.07, 6.45) is 2.66. The summed E-state index contributed by atoms with van der Waals surface area (Å²) in [5.41, 5.74) is 0. The number of hydrogen-bond acceptors (Lipinski definition) is 4. The number of likely N-dealkylation sites (N-methyl/N-ethyl adjacent to an activating group) is 1. The van der Waals surface area contributed by atoms with Crippen molar-refractivity contribution < 1.29 is 0 Å². The molecule has 0 radical (unpaired) electrons. The molecule has 1 fully saturated rings. The Hall–Kier alpha value is -0.580. The van der Waals surface area contributed by atoms with Crippen molar-refractivity contribution in [3.63, 3.8) is 0 Å². The lowest BCUT2D eigenvalue weighted by Crippen LogP contribution is -2.29. The van der Waals surface area contributed by atoms with E-state index in [2.05, 4.69) is 26.8 Å². The first-order chi connectivity index (χ1) is 7.66. The van der Waals surface area contributed by atoms with Gasteiger partial charge in [0.15, 0.2) is 5.82 Å². The average molecular weight is 261 g/mol. The van der Waals surface area contributed by atoms with E-state index in [1.54, 1.807) is 6.20 Å². The highest BCUT2D eigenvalue weighted by Gasteiger charge is 2.16. The predicted molar refractivity (Wildman–Crippen MR) is 66.4 cm³/mol. The van der Waals surface area contributed by atoms with E-state index in [1.807, 2.05) is 0 Å². The molecule has 0 N–H and O–H groups in total. The Morgan fingerprint density at radius 2 is 2.00 bits per heavy atom. The maximum Gasteiger partial charge on any atom is 0.224 e. The second-order valence-electron chi connectivity index (χ2n) is 3.95. The van der Waals surface area contributed by atoms with Crippen molar-refractivity contribution in [2.24, 2.45) is 0 Å². The second kappa shape index (κ2) is 5.17. The minimum absolute atomic E-state index is 0.247. The van der Waals surface area contributed by atoms with E-state index >= 15 is 0 Å². The van der Waals surface area contributed by atoms with Crippen molar-refractivity contribution in [1.29, 1.82) is 0 Å². The first kappa shape index (κ1) is 11.9. The van der Waals surface area contributed by atoms with Gasteiger partial charge in [-0.05, 0) is 31.6 Å². The van der Waals surface area contributed by atoms with Crippen LogP contribution in [0.5, 0.6) is 0 Å². The normalized spacial score (nSPS) is 18.6. The molecule has 88 valence electrons. The average Bonchev–Trinajstić information content (AvgIpc) is 2.47. The van der Waals surface area contributed by atoms with Crippen LogP contribution < -0.4 is 4.90 Å². The van der Waals surface area contributed by atoms with Crippen LogP contribution in [0.1, 0.15) is 6.42 Å². The third-order valence-corrected chi connectivity index (χ3v) is 3.16. The Morgan fingerprint density at radius 1 is 1.19 bits per heavy atom. The van der Waals surface area contributed by atoms with Gasteiger partial charge in [-0.25, -0.2) is 4.98 Å². The third kappa shape index (κ3) is 2.75. The van der Waals surface area contributed by atoms with Crippen LogP contribution in [-0.4, -0.2) is 48.1 Å². The molecule has 1 aromatic heterocycles. The van der Waals surface area contributed by atoms with E-state index in [-0.39, 0.29) is 5.28 Å². The van der Waals surface area contributed by atoms with Gasteiger partial charge in [-0.3, -0.25) is 0 Å². The van der Waals surface area contributed by atoms with Gasteiger partial charge in [0.05, 0.1) is 6.20 Å². The Morgan fingerprint density at radius 3 is 2.81 bits per heavy atom. The molecule has 0 amide bonds. The fraction of sp³-hybridized carbons (Fsp3) is 0.600. The Kier molecular flexibility index (Phi) is 3.84. The van der Waals surface area contributed by atoms with Gasteiger partial charge in [0.25, 0.3) is 0 Å². The molecular weight excluding hydrogens is 247 g/mol. The van der Waals surface area contributed by atoms with E-state index in [0.29, 0.717) is 5.02 Å². The minimum atomic E-state index is 0.247. The second-order valence-corrected chi connectivity index (χ2v) is 4.70. The molecule has 16 heavy (non-hydrogen) atoms. The van der Waals surface area contributed by atoms with E-state index < -0.39 is 0 Å². The zero-order valence-corrected chi connectivity index (χ0v) is 10.7. The molecule has 0 atom stereocenters. The highest BCUT2D eigenvalue weighted by atomic mass is 35.5. The van der Waals surface area contributed by atoms with Crippen LogP contribution in [0.25, 0.3) is 0 Å². The molecule has 0 aromatic carbocycles. The first-order valence-electron chi connectivity index (χ1n) is 5.28. The topological polar surface area (TPSA) is 32.3 Å². The molecule has 1 aliphatic rings. The monoisotopic (exact) mass is 260 g/mol. The molecule has 2 rings (SSSR count). The van der Waals surface area contributed by atoms with Crippen LogP contribution in [0.15, 0.2) is 6.20 Å². The van der Waals surface area contributed by atoms with Gasteiger partial charge in [0.1, 0.15) is 5.02 Å². The number of anilines is 1. The molecule has 1 aliphatic heterocycles. The van der Waals surface area contributed by atoms with Crippen LogP contribution >= 0.6 is 23.2 Å². The van der Waals surface area contributed by atoms with Crippen molar-refractivity contribution in [1.82, 2.24) is 14.9 Å². The van der Waals surface area contributed by atoms with Crippen LogP contribution in [0.3, 0.4) is 0 Å². The van der Waals surface area contributed by atoms with Crippen molar-refractivity contribution in [2.75, 3.05) is 38.1 Å². The fourth-order valence-corrected chi connectivity index (χ4v) is 2.16. The van der Waals surface area contributed by atoms with Crippen LogP contribution in [0.4, 0.5) is 5.82 Å². The lowest BCUT2D eigenvalue weighted by molar-refractivity contribution is 0.360. The molecule has 4 nitrogen and oxygen atoms in total. The number of halogens is 2. The molecule has 0 unspecified atom stereocenters. The highest BCUT2D eigenvalue weighted by Crippen LogP contribution is 2.24. The van der Waals surface area contributed by atoms with Crippen LogP contribution in [0.2, 0.25) is 10.3 Å². The van der Waals surface area contributed by atoms with Gasteiger partial charge >= 0.3 is 0 Å². The first-order valence-corrected chi connectivity index (χ1v) is 6.04. The Bertz CT molecular complexity index is 372. The molecule has 6 heteroatoms. The van der Waals surface area contributed by atoms with Crippen LogP contribution in [-0.2, 0) is 0 Å². The van der Waals surface area contributed by atoms with E-state index in [4.69, 9.17) is 23.2 Å². The lowest BCUT2D eigenvalue weighted by atomic mass is 10.4. The van der Waals surface area contributed by atoms with Gasteiger partial charge in [0.2, 0.25) is 5.28 Å². The van der Waals surface area contributed by atoms with Gasteiger partial charge in [-0.1, -0.05) is 11.6 Å². The molecule has 0 spiro atoms. The van der Waals surface area contributed by atoms with Gasteiger partial charge < -0.3 is 9.80 Å². The summed E-state index contributed by atoms with van der Waals surface area (Å²) in [5.74, 6) is 0.747. The van der Waals surface area contributed by atoms with Gasteiger partial charge in [-0.2, -0.15) is 4.98 Å². The summed E-state index contributed by atoms with van der Waals surface area (Å²) in [6.45, 7) is 3.99. The third-order valence-electron chi connectivity index (χ3n) is 2.72. The summed E-state index contributed by atoms with van der Waals surface area (Å²) in [6, 6.07) is 0. The zero-order chi connectivity index (χ0) is 11.5. The highest BCUT2D eigenvalue weighted by molar-refractivity contribution is 6.33. The van der Waals surface area contributed by atoms with Gasteiger partial charge in [-0.15, -0.1) is 0 Å². The van der Waals surface area contributed by atoms with Gasteiger partial charge in [0, 0.05) is 19.6 Å². The SMILES string of the molecule is CN1CCCN(c2nc(Cl)ncc2Cl)CC1. The van der Waals surface area contributed by atoms with E-state index in [9.17, 15) is 0 Å².